The number of aliphatic carboxylic acids is 1. The van der Waals surface area contributed by atoms with Gasteiger partial charge in [-0.05, 0) is 12.0 Å². The zero-order valence-corrected chi connectivity index (χ0v) is 12.8. The Bertz CT molecular complexity index is 447. The van der Waals surface area contributed by atoms with E-state index in [9.17, 15) is 9.90 Å². The van der Waals surface area contributed by atoms with E-state index >= 15 is 0 Å². The fourth-order valence-corrected chi connectivity index (χ4v) is 3.78. The minimum atomic E-state index is -1.29. The van der Waals surface area contributed by atoms with E-state index in [4.69, 9.17) is 4.74 Å². The van der Waals surface area contributed by atoms with Crippen LogP contribution >= 0.6 is 0 Å². The molecule has 2 rings (SSSR count). The molecule has 2 atom stereocenters. The lowest BCUT2D eigenvalue weighted by Crippen LogP contribution is -2.37. The largest absolute Gasteiger partial charge is 0.481 e. The van der Waals surface area contributed by atoms with Crippen LogP contribution in [0.1, 0.15) is 17.9 Å². The quantitative estimate of drug-likeness (QED) is 0.864. The first kappa shape index (κ1) is 14.3. The van der Waals surface area contributed by atoms with Crippen LogP contribution in [-0.4, -0.2) is 32.4 Å². The molecule has 1 heterocycles. The molecular weight excluding hydrogens is 256 g/mol. The van der Waals surface area contributed by atoms with E-state index in [1.54, 1.807) is 0 Å². The van der Waals surface area contributed by atoms with E-state index in [0.29, 0.717) is 13.2 Å². The van der Waals surface area contributed by atoms with Crippen LogP contribution in [0.5, 0.6) is 0 Å². The van der Waals surface area contributed by atoms with Gasteiger partial charge in [0.2, 0.25) is 0 Å². The highest BCUT2D eigenvalue weighted by Crippen LogP contribution is 2.32. The van der Waals surface area contributed by atoms with Crippen molar-refractivity contribution < 1.29 is 14.6 Å². The zero-order valence-electron chi connectivity index (χ0n) is 11.8. The molecule has 1 saturated heterocycles. The van der Waals surface area contributed by atoms with Crippen LogP contribution in [0, 0.1) is 5.92 Å². The SMILES string of the molecule is C[Si](C)(C)c1ccc([C@@H]2CCOC[C@H]2C(=O)O)cc1. The smallest absolute Gasteiger partial charge is 0.309 e. The lowest BCUT2D eigenvalue weighted by atomic mass is 9.83. The first-order valence-electron chi connectivity index (χ1n) is 6.80. The number of carboxylic acids is 1. The Kier molecular flexibility index (Phi) is 4.11. The molecule has 1 fully saturated rings. The Morgan fingerprint density at radius 3 is 2.42 bits per heavy atom. The van der Waals surface area contributed by atoms with Gasteiger partial charge in [0.15, 0.2) is 0 Å². The fraction of sp³-hybridized carbons (Fsp3) is 0.533. The van der Waals surface area contributed by atoms with Crippen molar-refractivity contribution in [2.45, 2.75) is 32.0 Å². The van der Waals surface area contributed by atoms with E-state index in [0.717, 1.165) is 12.0 Å². The number of hydrogen-bond donors (Lipinski definition) is 1. The van der Waals surface area contributed by atoms with Crippen molar-refractivity contribution in [1.29, 1.82) is 0 Å². The summed E-state index contributed by atoms with van der Waals surface area (Å²) in [5.74, 6) is -1.08. The maximum Gasteiger partial charge on any atom is 0.309 e. The molecule has 0 bridgehead atoms. The molecule has 1 aliphatic rings. The van der Waals surface area contributed by atoms with E-state index in [2.05, 4.69) is 43.9 Å². The maximum atomic E-state index is 11.3. The molecule has 0 radical (unpaired) electrons. The average Bonchev–Trinajstić information content (AvgIpc) is 2.38. The summed E-state index contributed by atoms with van der Waals surface area (Å²) in [7, 11) is -1.29. The molecule has 0 spiro atoms. The van der Waals surface area contributed by atoms with Crippen molar-refractivity contribution in [1.82, 2.24) is 0 Å². The van der Waals surface area contributed by atoms with Crippen molar-refractivity contribution in [3.8, 4) is 0 Å². The number of benzene rings is 1. The van der Waals surface area contributed by atoms with Gasteiger partial charge < -0.3 is 9.84 Å². The van der Waals surface area contributed by atoms with Gasteiger partial charge in [0.25, 0.3) is 0 Å². The van der Waals surface area contributed by atoms with Crippen LogP contribution in [-0.2, 0) is 9.53 Å². The molecule has 1 N–H and O–H groups in total. The lowest BCUT2D eigenvalue weighted by Gasteiger charge is -2.29. The highest BCUT2D eigenvalue weighted by Gasteiger charge is 2.32. The second-order valence-corrected chi connectivity index (χ2v) is 11.4. The summed E-state index contributed by atoms with van der Waals surface area (Å²) in [4.78, 5) is 11.3. The monoisotopic (exact) mass is 278 g/mol. The molecular formula is C15H22O3Si. The van der Waals surface area contributed by atoms with Gasteiger partial charge in [0.1, 0.15) is 0 Å². The van der Waals surface area contributed by atoms with Crippen molar-refractivity contribution in [2.75, 3.05) is 13.2 Å². The Hall–Kier alpha value is -1.13. The first-order valence-corrected chi connectivity index (χ1v) is 10.3. The summed E-state index contributed by atoms with van der Waals surface area (Å²) in [5.41, 5.74) is 1.14. The van der Waals surface area contributed by atoms with Gasteiger partial charge in [-0.2, -0.15) is 0 Å². The third-order valence-corrected chi connectivity index (χ3v) is 5.94. The van der Waals surface area contributed by atoms with Gasteiger partial charge in [-0.15, -0.1) is 0 Å². The first-order chi connectivity index (χ1) is 8.89. The minimum absolute atomic E-state index is 0.0851. The Labute approximate surface area is 115 Å². The van der Waals surface area contributed by atoms with Crippen molar-refractivity contribution >= 4 is 19.2 Å². The van der Waals surface area contributed by atoms with Gasteiger partial charge in [-0.25, -0.2) is 0 Å². The van der Waals surface area contributed by atoms with E-state index in [-0.39, 0.29) is 5.92 Å². The van der Waals surface area contributed by atoms with E-state index in [1.807, 2.05) is 0 Å². The molecule has 1 aliphatic heterocycles. The molecule has 4 heteroatoms. The Balaban J connectivity index is 2.23. The van der Waals surface area contributed by atoms with Gasteiger partial charge in [-0.3, -0.25) is 4.79 Å². The standard InChI is InChI=1S/C15H22O3Si/c1-19(2,3)12-6-4-11(5-7-12)13-8-9-18-10-14(13)15(16)17/h4-7,13-14H,8-10H2,1-3H3,(H,16,17)/t13-,14+/m0/s1. The van der Waals surface area contributed by atoms with Gasteiger partial charge in [0, 0.05) is 12.5 Å². The average molecular weight is 278 g/mol. The number of carboxylic acid groups (broad SMARTS) is 1. The molecule has 3 nitrogen and oxygen atoms in total. The highest BCUT2D eigenvalue weighted by atomic mass is 28.3. The predicted octanol–water partition coefficient (Wildman–Crippen LogP) is 2.44. The van der Waals surface area contributed by atoms with E-state index in [1.165, 1.54) is 5.19 Å². The van der Waals surface area contributed by atoms with Crippen LogP contribution < -0.4 is 5.19 Å². The number of rotatable bonds is 3. The van der Waals surface area contributed by atoms with Crippen LogP contribution in [0.3, 0.4) is 0 Å². The molecule has 0 aromatic heterocycles. The summed E-state index contributed by atoms with van der Waals surface area (Å²) >= 11 is 0. The summed E-state index contributed by atoms with van der Waals surface area (Å²) in [6.45, 7) is 7.93. The summed E-state index contributed by atoms with van der Waals surface area (Å²) in [5, 5.41) is 10.7. The summed E-state index contributed by atoms with van der Waals surface area (Å²) < 4.78 is 5.30. The molecule has 104 valence electrons. The van der Waals surface area contributed by atoms with Gasteiger partial charge in [-0.1, -0.05) is 49.1 Å². The third kappa shape index (κ3) is 3.25. The predicted molar refractivity (Wildman–Crippen MR) is 78.7 cm³/mol. The molecule has 0 unspecified atom stereocenters. The van der Waals surface area contributed by atoms with E-state index < -0.39 is 20.0 Å². The second-order valence-electron chi connectivity index (χ2n) is 6.29. The number of ether oxygens (including phenoxy) is 1. The molecule has 1 aromatic carbocycles. The molecule has 1 aromatic rings. The summed E-state index contributed by atoms with van der Waals surface area (Å²) in [6.07, 6.45) is 0.795. The molecule has 0 aliphatic carbocycles. The highest BCUT2D eigenvalue weighted by molar-refractivity contribution is 6.88. The zero-order chi connectivity index (χ0) is 14.0. The Morgan fingerprint density at radius 1 is 1.26 bits per heavy atom. The lowest BCUT2D eigenvalue weighted by molar-refractivity contribution is -0.147. The third-order valence-electron chi connectivity index (χ3n) is 3.88. The fourth-order valence-electron chi connectivity index (χ4n) is 2.61. The number of hydrogen-bond acceptors (Lipinski definition) is 2. The molecule has 19 heavy (non-hydrogen) atoms. The van der Waals surface area contributed by atoms with Crippen molar-refractivity contribution in [3.05, 3.63) is 29.8 Å². The second kappa shape index (κ2) is 5.47. The van der Waals surface area contributed by atoms with Crippen LogP contribution in [0.4, 0.5) is 0 Å². The minimum Gasteiger partial charge on any atom is -0.481 e. The van der Waals surface area contributed by atoms with Gasteiger partial charge >= 0.3 is 5.97 Å². The Morgan fingerprint density at radius 2 is 1.89 bits per heavy atom. The topological polar surface area (TPSA) is 46.5 Å². The van der Waals surface area contributed by atoms with Gasteiger partial charge in [0.05, 0.1) is 20.6 Å². The normalized spacial score (nSPS) is 24.2. The van der Waals surface area contributed by atoms with Crippen molar-refractivity contribution in [2.24, 2.45) is 5.92 Å². The molecule has 0 amide bonds. The maximum absolute atomic E-state index is 11.3. The summed E-state index contributed by atoms with van der Waals surface area (Å²) in [6, 6.07) is 8.57. The van der Waals surface area contributed by atoms with Crippen LogP contribution in [0.2, 0.25) is 19.6 Å². The van der Waals surface area contributed by atoms with Crippen LogP contribution in [0.25, 0.3) is 0 Å². The van der Waals surface area contributed by atoms with Crippen molar-refractivity contribution in [3.63, 3.8) is 0 Å². The number of carbonyl (C=O) groups is 1. The van der Waals surface area contributed by atoms with Crippen LogP contribution in [0.15, 0.2) is 24.3 Å². The molecule has 0 saturated carbocycles.